The molecular formula is C62H49NO2. The van der Waals surface area contributed by atoms with Crippen molar-refractivity contribution in [2.45, 2.75) is 52.0 Å². The number of carbonyl (C=O) groups is 2. The van der Waals surface area contributed by atoms with Gasteiger partial charge in [-0.2, -0.15) is 0 Å². The third-order valence-corrected chi connectivity index (χ3v) is 12.1. The molecule has 3 nitrogen and oxygen atoms in total. The van der Waals surface area contributed by atoms with Gasteiger partial charge in [0.05, 0.1) is 0 Å². The minimum atomic E-state index is 0.0233. The number of hydrogen-bond donors (Lipinski definition) is 0. The summed E-state index contributed by atoms with van der Waals surface area (Å²) in [6, 6.07) is 64.1. The first kappa shape index (κ1) is 42.3. The molecule has 0 saturated carbocycles. The van der Waals surface area contributed by atoms with Crippen molar-refractivity contribution < 1.29 is 9.59 Å². The summed E-state index contributed by atoms with van der Waals surface area (Å²) in [5, 5.41) is 2.37. The smallest absolute Gasteiger partial charge is 0.193 e. The average Bonchev–Trinajstić information content (AvgIpc) is 3.68. The molecule has 314 valence electrons. The Bertz CT molecular complexity index is 3010. The SMILES string of the molecule is CCCCCCCCn1c2ccc(C#Cc3ccc(-c4ccc(C(=O)c5ccccc5)cc4)cc3)cc2c2cc(C#Cc3ccc(-c4ccc(C(=O)c5ccccc5)cc4)cc3)ccc21. The number of aromatic nitrogens is 1. The Hall–Kier alpha value is -7.98. The number of hydrogen-bond acceptors (Lipinski definition) is 2. The van der Waals surface area contributed by atoms with Crippen LogP contribution in [0.15, 0.2) is 194 Å². The highest BCUT2D eigenvalue weighted by Crippen LogP contribution is 2.32. The van der Waals surface area contributed by atoms with Crippen LogP contribution in [0.4, 0.5) is 0 Å². The zero-order valence-electron chi connectivity index (χ0n) is 36.7. The predicted molar refractivity (Wildman–Crippen MR) is 268 cm³/mol. The largest absolute Gasteiger partial charge is 0.340 e. The number of carbonyl (C=O) groups excluding carboxylic acids is 2. The molecule has 8 aromatic carbocycles. The summed E-state index contributed by atoms with van der Waals surface area (Å²) < 4.78 is 2.48. The van der Waals surface area contributed by atoms with Crippen LogP contribution in [-0.4, -0.2) is 16.1 Å². The number of fused-ring (bicyclic) bond motifs is 3. The highest BCUT2D eigenvalue weighted by atomic mass is 16.1. The van der Waals surface area contributed by atoms with E-state index in [9.17, 15) is 9.59 Å². The van der Waals surface area contributed by atoms with Gasteiger partial charge in [-0.1, -0.05) is 196 Å². The predicted octanol–water partition coefficient (Wildman–Crippen LogP) is 14.8. The van der Waals surface area contributed by atoms with Gasteiger partial charge in [0.2, 0.25) is 0 Å². The molecule has 0 N–H and O–H groups in total. The van der Waals surface area contributed by atoms with E-state index in [1.54, 1.807) is 0 Å². The van der Waals surface area contributed by atoms with Gasteiger partial charge in [-0.05, 0) is 89.3 Å². The molecule has 0 spiro atoms. The van der Waals surface area contributed by atoms with Crippen molar-refractivity contribution >= 4 is 33.4 Å². The topological polar surface area (TPSA) is 39.1 Å². The molecule has 0 amide bonds. The Morgan fingerprint density at radius 2 is 0.708 bits per heavy atom. The van der Waals surface area contributed by atoms with Gasteiger partial charge >= 0.3 is 0 Å². The quantitative estimate of drug-likeness (QED) is 0.0659. The maximum atomic E-state index is 12.9. The van der Waals surface area contributed by atoms with E-state index in [1.165, 1.54) is 53.9 Å². The van der Waals surface area contributed by atoms with Crippen LogP contribution in [0.25, 0.3) is 44.1 Å². The Morgan fingerprint density at radius 1 is 0.369 bits per heavy atom. The zero-order chi connectivity index (χ0) is 44.4. The maximum absolute atomic E-state index is 12.9. The van der Waals surface area contributed by atoms with Crippen molar-refractivity contribution in [3.05, 3.63) is 239 Å². The van der Waals surface area contributed by atoms with Crippen LogP contribution in [-0.2, 0) is 6.54 Å². The van der Waals surface area contributed by atoms with Gasteiger partial charge in [-0.25, -0.2) is 0 Å². The van der Waals surface area contributed by atoms with Crippen molar-refractivity contribution in [2.75, 3.05) is 0 Å². The number of rotatable bonds is 13. The number of benzene rings is 8. The molecule has 1 aromatic heterocycles. The Balaban J connectivity index is 0.934. The number of aryl methyl sites for hydroxylation is 1. The van der Waals surface area contributed by atoms with Crippen LogP contribution in [0.3, 0.4) is 0 Å². The summed E-state index contributed by atoms with van der Waals surface area (Å²) in [4.78, 5) is 25.8. The molecule has 0 aliphatic rings. The highest BCUT2D eigenvalue weighted by Gasteiger charge is 2.13. The van der Waals surface area contributed by atoms with E-state index in [0.29, 0.717) is 22.3 Å². The van der Waals surface area contributed by atoms with Gasteiger partial charge in [-0.15, -0.1) is 0 Å². The van der Waals surface area contributed by atoms with Crippen molar-refractivity contribution in [3.8, 4) is 45.9 Å². The Kier molecular flexibility index (Phi) is 13.0. The van der Waals surface area contributed by atoms with E-state index < -0.39 is 0 Å². The van der Waals surface area contributed by atoms with Crippen LogP contribution in [0.1, 0.15) is 99.5 Å². The van der Waals surface area contributed by atoms with Gasteiger partial charge in [-0.3, -0.25) is 9.59 Å². The maximum Gasteiger partial charge on any atom is 0.193 e. The molecule has 1 heterocycles. The fourth-order valence-electron chi connectivity index (χ4n) is 8.47. The molecule has 0 atom stereocenters. The zero-order valence-corrected chi connectivity index (χ0v) is 36.7. The minimum absolute atomic E-state index is 0.0233. The number of ketones is 2. The molecule has 0 fully saturated rings. The standard InChI is InChI=1S/C62H49NO2/c1-2-3-4-5-6-13-42-63-59-40-26-47(20-18-45-22-28-49(29-23-45)51-32-36-55(37-33-51)61(64)53-14-9-7-10-15-53)43-57(59)58-44-48(27-41-60(58)63)21-19-46-24-30-50(31-25-46)52-34-38-56(39-35-52)62(65)54-16-11-8-12-17-54/h7-12,14-17,22-41,43-44H,2-6,13,42H2,1H3. The molecule has 0 aliphatic heterocycles. The van der Waals surface area contributed by atoms with Gasteiger partial charge < -0.3 is 4.57 Å². The first-order valence-electron chi connectivity index (χ1n) is 22.7. The molecular weight excluding hydrogens is 791 g/mol. The lowest BCUT2D eigenvalue weighted by Crippen LogP contribution is -2.00. The van der Waals surface area contributed by atoms with Gasteiger partial charge in [0.15, 0.2) is 11.6 Å². The van der Waals surface area contributed by atoms with E-state index in [1.807, 2.05) is 109 Å². The van der Waals surface area contributed by atoms with Crippen LogP contribution in [0, 0.1) is 23.7 Å². The minimum Gasteiger partial charge on any atom is -0.340 e. The monoisotopic (exact) mass is 839 g/mol. The second-order valence-corrected chi connectivity index (χ2v) is 16.6. The van der Waals surface area contributed by atoms with Crippen LogP contribution < -0.4 is 0 Å². The fraction of sp³-hybridized carbons (Fsp3) is 0.129. The van der Waals surface area contributed by atoms with Crippen molar-refractivity contribution in [1.82, 2.24) is 4.57 Å². The first-order valence-corrected chi connectivity index (χ1v) is 22.7. The molecule has 65 heavy (non-hydrogen) atoms. The van der Waals surface area contributed by atoms with E-state index in [4.69, 9.17) is 0 Å². The highest BCUT2D eigenvalue weighted by molar-refractivity contribution is 6.10. The molecule has 3 heteroatoms. The molecule has 0 radical (unpaired) electrons. The average molecular weight is 840 g/mol. The second-order valence-electron chi connectivity index (χ2n) is 16.6. The van der Waals surface area contributed by atoms with Crippen LogP contribution in [0.5, 0.6) is 0 Å². The molecule has 0 saturated heterocycles. The van der Waals surface area contributed by atoms with E-state index in [2.05, 4.69) is 120 Å². The van der Waals surface area contributed by atoms with Crippen LogP contribution in [0.2, 0.25) is 0 Å². The Labute approximate surface area is 382 Å². The van der Waals surface area contributed by atoms with E-state index in [-0.39, 0.29) is 11.6 Å². The number of unbranched alkanes of at least 4 members (excludes halogenated alkanes) is 5. The second kappa shape index (κ2) is 20.0. The third-order valence-electron chi connectivity index (χ3n) is 12.1. The van der Waals surface area contributed by atoms with Crippen molar-refractivity contribution in [2.24, 2.45) is 0 Å². The summed E-state index contributed by atoms with van der Waals surface area (Å²) in [6.45, 7) is 3.24. The Morgan fingerprint density at radius 3 is 1.12 bits per heavy atom. The van der Waals surface area contributed by atoms with Gasteiger partial charge in [0, 0.05) is 72.9 Å². The summed E-state index contributed by atoms with van der Waals surface area (Å²) in [6.07, 6.45) is 7.50. The normalized spacial score (nSPS) is 10.8. The van der Waals surface area contributed by atoms with Crippen LogP contribution >= 0.6 is 0 Å². The van der Waals surface area contributed by atoms with E-state index >= 15 is 0 Å². The number of nitrogens with zero attached hydrogens (tertiary/aromatic N) is 1. The van der Waals surface area contributed by atoms with Gasteiger partial charge in [0.25, 0.3) is 0 Å². The fourth-order valence-corrected chi connectivity index (χ4v) is 8.47. The van der Waals surface area contributed by atoms with E-state index in [0.717, 1.165) is 57.5 Å². The summed E-state index contributed by atoms with van der Waals surface area (Å²) in [5.74, 6) is 13.7. The third kappa shape index (κ3) is 9.97. The summed E-state index contributed by atoms with van der Waals surface area (Å²) in [5.41, 5.74) is 13.2. The molecule has 0 unspecified atom stereocenters. The lowest BCUT2D eigenvalue weighted by molar-refractivity contribution is 0.103. The molecule has 0 aliphatic carbocycles. The lowest BCUT2D eigenvalue weighted by atomic mass is 9.99. The summed E-state index contributed by atoms with van der Waals surface area (Å²) >= 11 is 0. The first-order chi connectivity index (χ1) is 32.0. The molecule has 0 bridgehead atoms. The van der Waals surface area contributed by atoms with Crippen molar-refractivity contribution in [3.63, 3.8) is 0 Å². The lowest BCUT2D eigenvalue weighted by Gasteiger charge is -2.08. The van der Waals surface area contributed by atoms with Crippen molar-refractivity contribution in [1.29, 1.82) is 0 Å². The molecule has 9 rings (SSSR count). The molecule has 9 aromatic rings. The van der Waals surface area contributed by atoms with Gasteiger partial charge in [0.1, 0.15) is 0 Å². The summed E-state index contributed by atoms with van der Waals surface area (Å²) in [7, 11) is 0.